The van der Waals surface area contributed by atoms with Crippen molar-refractivity contribution in [2.75, 3.05) is 7.11 Å². The number of benzene rings is 3. The van der Waals surface area contributed by atoms with Gasteiger partial charge in [0.15, 0.2) is 17.3 Å². The third-order valence-corrected chi connectivity index (χ3v) is 6.88. The molecule has 9 heteroatoms. The van der Waals surface area contributed by atoms with Crippen LogP contribution in [0.15, 0.2) is 65.6 Å². The van der Waals surface area contributed by atoms with Crippen LogP contribution in [0, 0.1) is 0 Å². The number of fused-ring (bicyclic) bond motifs is 4. The highest BCUT2D eigenvalue weighted by molar-refractivity contribution is 6.25. The molecule has 0 aromatic heterocycles. The van der Waals surface area contributed by atoms with Gasteiger partial charge in [-0.1, -0.05) is 30.3 Å². The molecule has 0 saturated carbocycles. The first-order chi connectivity index (χ1) is 17.6. The van der Waals surface area contributed by atoms with Gasteiger partial charge in [0.1, 0.15) is 45.3 Å². The summed E-state index contributed by atoms with van der Waals surface area (Å²) in [7, 11) is 1.31. The number of phenols is 2. The molecule has 37 heavy (non-hydrogen) atoms. The van der Waals surface area contributed by atoms with Crippen LogP contribution >= 0.6 is 0 Å². The summed E-state index contributed by atoms with van der Waals surface area (Å²) in [4.78, 5) is 39.0. The van der Waals surface area contributed by atoms with Crippen molar-refractivity contribution in [3.8, 4) is 23.0 Å². The summed E-state index contributed by atoms with van der Waals surface area (Å²) in [6, 6.07) is 11.9. The van der Waals surface area contributed by atoms with Crippen LogP contribution < -0.4 is 14.8 Å². The number of rotatable bonds is 5. The average molecular weight is 501 g/mol. The lowest BCUT2D eigenvalue weighted by Crippen LogP contribution is -2.38. The fraction of sp³-hybridized carbons (Fsp3) is 0.179. The number of aliphatic hydroxyl groups is 1. The quantitative estimate of drug-likeness (QED) is 0.388. The van der Waals surface area contributed by atoms with Crippen molar-refractivity contribution in [2.45, 2.75) is 25.8 Å². The van der Waals surface area contributed by atoms with Crippen LogP contribution in [0.1, 0.15) is 35.3 Å². The number of phenolic OH excluding ortho intramolecular Hbond substituents is 2. The second-order valence-corrected chi connectivity index (χ2v) is 9.03. The second kappa shape index (κ2) is 8.41. The molecule has 0 saturated heterocycles. The Balaban J connectivity index is 1.59. The van der Waals surface area contributed by atoms with E-state index >= 15 is 0 Å². The van der Waals surface area contributed by atoms with Gasteiger partial charge in [-0.05, 0) is 30.7 Å². The Bertz CT molecular complexity index is 1600. The SMILES string of the molecule is COc1cc(O)c2c(c1C(=O)NCc1c(O)ccc3ccccc13)OC1=CC(O)=C(C(C)=O)C(=O)[C@]12C. The van der Waals surface area contributed by atoms with E-state index in [4.69, 9.17) is 9.47 Å². The van der Waals surface area contributed by atoms with E-state index in [1.807, 2.05) is 24.3 Å². The summed E-state index contributed by atoms with van der Waals surface area (Å²) in [6.45, 7) is 2.56. The molecule has 0 bridgehead atoms. The number of aliphatic hydroxyl groups excluding tert-OH is 1. The van der Waals surface area contributed by atoms with Crippen LogP contribution in [0.4, 0.5) is 0 Å². The molecule has 1 amide bonds. The van der Waals surface area contributed by atoms with Crippen LogP contribution in [0.25, 0.3) is 10.8 Å². The van der Waals surface area contributed by atoms with E-state index in [0.29, 0.717) is 5.56 Å². The van der Waals surface area contributed by atoms with E-state index in [1.54, 1.807) is 12.1 Å². The monoisotopic (exact) mass is 501 g/mol. The van der Waals surface area contributed by atoms with Gasteiger partial charge in [0.05, 0.1) is 12.7 Å². The largest absolute Gasteiger partial charge is 0.508 e. The molecular weight excluding hydrogens is 478 g/mol. The van der Waals surface area contributed by atoms with E-state index in [1.165, 1.54) is 20.1 Å². The average Bonchev–Trinajstić information content (AvgIpc) is 3.16. The van der Waals surface area contributed by atoms with Crippen molar-refractivity contribution >= 4 is 28.2 Å². The van der Waals surface area contributed by atoms with E-state index < -0.39 is 34.2 Å². The molecule has 3 aromatic carbocycles. The zero-order valence-corrected chi connectivity index (χ0v) is 20.2. The van der Waals surface area contributed by atoms with E-state index in [-0.39, 0.29) is 46.4 Å². The fourth-order valence-electron chi connectivity index (χ4n) is 4.99. The Morgan fingerprint density at radius 1 is 1.08 bits per heavy atom. The van der Waals surface area contributed by atoms with E-state index in [9.17, 15) is 29.7 Å². The van der Waals surface area contributed by atoms with Crippen molar-refractivity contribution in [1.82, 2.24) is 5.32 Å². The van der Waals surface area contributed by atoms with Crippen LogP contribution in [0.3, 0.4) is 0 Å². The number of nitrogens with one attached hydrogen (secondary N) is 1. The maximum absolute atomic E-state index is 13.5. The molecule has 0 spiro atoms. The van der Waals surface area contributed by atoms with Crippen molar-refractivity contribution < 1.29 is 39.2 Å². The number of Topliss-reactive ketones (excluding diaryl/α,β-unsaturated/α-hetero) is 2. The molecule has 3 aromatic rings. The lowest BCUT2D eigenvalue weighted by atomic mass is 9.71. The summed E-state index contributed by atoms with van der Waals surface area (Å²) >= 11 is 0. The third kappa shape index (κ3) is 3.42. The smallest absolute Gasteiger partial charge is 0.259 e. The zero-order valence-electron chi connectivity index (χ0n) is 20.2. The summed E-state index contributed by atoms with van der Waals surface area (Å²) in [5.74, 6) is -3.17. The second-order valence-electron chi connectivity index (χ2n) is 9.03. The Kier molecular flexibility index (Phi) is 5.44. The highest BCUT2D eigenvalue weighted by Crippen LogP contribution is 2.56. The van der Waals surface area contributed by atoms with Gasteiger partial charge in [-0.15, -0.1) is 0 Å². The van der Waals surface area contributed by atoms with Gasteiger partial charge in [0.25, 0.3) is 5.91 Å². The minimum atomic E-state index is -1.65. The molecule has 4 N–H and O–H groups in total. The fourth-order valence-corrected chi connectivity index (χ4v) is 4.99. The van der Waals surface area contributed by atoms with Crippen LogP contribution in [-0.2, 0) is 21.5 Å². The molecule has 0 fully saturated rings. The van der Waals surface area contributed by atoms with E-state index in [0.717, 1.165) is 23.8 Å². The molecule has 188 valence electrons. The third-order valence-electron chi connectivity index (χ3n) is 6.88. The van der Waals surface area contributed by atoms with E-state index in [2.05, 4.69) is 5.32 Å². The lowest BCUT2D eigenvalue weighted by Gasteiger charge is -2.27. The molecule has 5 rings (SSSR count). The Morgan fingerprint density at radius 2 is 1.81 bits per heavy atom. The highest BCUT2D eigenvalue weighted by Gasteiger charge is 2.55. The molecule has 1 atom stereocenters. The maximum atomic E-state index is 13.5. The molecule has 1 aliphatic carbocycles. The maximum Gasteiger partial charge on any atom is 0.259 e. The minimum Gasteiger partial charge on any atom is -0.508 e. The zero-order chi connectivity index (χ0) is 26.6. The molecule has 9 nitrogen and oxygen atoms in total. The number of ether oxygens (including phenoxy) is 2. The first-order valence-electron chi connectivity index (χ1n) is 11.4. The number of methoxy groups -OCH3 is 1. The van der Waals surface area contributed by atoms with Gasteiger partial charge in [0, 0.05) is 24.3 Å². The van der Waals surface area contributed by atoms with Gasteiger partial charge < -0.3 is 30.1 Å². The summed E-state index contributed by atoms with van der Waals surface area (Å²) < 4.78 is 11.2. The Hall–Kier alpha value is -4.79. The standard InChI is InChI=1S/C28H23NO8/c1-13(30)22-18(32)11-21-28(2,26(22)34)24-19(33)10-20(36-3)23(25(24)37-21)27(35)29-12-16-15-7-5-4-6-14(15)8-9-17(16)31/h4-11,31-33H,12H2,1-3H3,(H,29,35)/t28-/m1/s1. The first-order valence-corrected chi connectivity index (χ1v) is 11.4. The molecule has 0 unspecified atom stereocenters. The molecular formula is C28H23NO8. The van der Waals surface area contributed by atoms with Gasteiger partial charge in [0.2, 0.25) is 0 Å². The topological polar surface area (TPSA) is 142 Å². The number of hydrogen-bond acceptors (Lipinski definition) is 8. The molecule has 2 aliphatic rings. The van der Waals surface area contributed by atoms with Crippen LogP contribution in [0.5, 0.6) is 23.0 Å². The van der Waals surface area contributed by atoms with Crippen molar-refractivity contribution in [3.05, 3.63) is 82.3 Å². The van der Waals surface area contributed by atoms with Gasteiger partial charge in [-0.25, -0.2) is 0 Å². The van der Waals surface area contributed by atoms with Crippen LogP contribution in [-0.4, -0.2) is 39.9 Å². The number of allylic oxidation sites excluding steroid dienone is 3. The number of hydrogen-bond donors (Lipinski definition) is 4. The number of ketones is 2. The Labute approximate surface area is 211 Å². The number of carbonyl (C=O) groups excluding carboxylic acids is 3. The predicted octanol–water partition coefficient (Wildman–Crippen LogP) is 3.71. The molecule has 1 heterocycles. The molecule has 0 radical (unpaired) electrons. The summed E-state index contributed by atoms with van der Waals surface area (Å²) in [6.07, 6.45) is 1.14. The minimum absolute atomic E-state index is 0.00532. The number of amides is 1. The normalized spacial score (nSPS) is 18.1. The molecule has 1 aliphatic heterocycles. The van der Waals surface area contributed by atoms with Crippen LogP contribution in [0.2, 0.25) is 0 Å². The number of aromatic hydroxyl groups is 2. The van der Waals surface area contributed by atoms with Crippen molar-refractivity contribution in [3.63, 3.8) is 0 Å². The van der Waals surface area contributed by atoms with Crippen molar-refractivity contribution in [2.24, 2.45) is 0 Å². The highest BCUT2D eigenvalue weighted by atomic mass is 16.5. The summed E-state index contributed by atoms with van der Waals surface area (Å²) in [5.41, 5.74) is -1.69. The van der Waals surface area contributed by atoms with Gasteiger partial charge in [-0.3, -0.25) is 14.4 Å². The Morgan fingerprint density at radius 3 is 2.51 bits per heavy atom. The number of carbonyl (C=O) groups is 3. The van der Waals surface area contributed by atoms with Gasteiger partial charge >= 0.3 is 0 Å². The summed E-state index contributed by atoms with van der Waals surface area (Å²) in [5, 5.41) is 36.0. The van der Waals surface area contributed by atoms with Crippen molar-refractivity contribution in [1.29, 1.82) is 0 Å². The first kappa shape index (κ1) is 23.9. The predicted molar refractivity (Wildman–Crippen MR) is 133 cm³/mol. The lowest BCUT2D eigenvalue weighted by molar-refractivity contribution is -0.123. The van der Waals surface area contributed by atoms with Gasteiger partial charge in [-0.2, -0.15) is 0 Å².